The normalized spacial score (nSPS) is 11.2. The summed E-state index contributed by atoms with van der Waals surface area (Å²) >= 11 is 0. The summed E-state index contributed by atoms with van der Waals surface area (Å²) in [5, 5.41) is 0. The Kier molecular flexibility index (Phi) is 1.98. The van der Waals surface area contributed by atoms with E-state index in [1.165, 1.54) is 18.3 Å². The van der Waals surface area contributed by atoms with E-state index in [1.807, 2.05) is 0 Å². The van der Waals surface area contributed by atoms with E-state index in [1.54, 1.807) is 0 Å². The van der Waals surface area contributed by atoms with Gasteiger partial charge in [-0.05, 0) is 12.1 Å². The fourth-order valence-corrected chi connectivity index (χ4v) is 0.541. The third-order valence-corrected chi connectivity index (χ3v) is 0.868. The fourth-order valence-electron chi connectivity index (χ4n) is 0.541. The Balaban J connectivity index is 2.66. The largest absolute Gasteiger partial charge is 0.573 e. The Hall–Kier alpha value is -1.26. The fraction of sp³-hybridized carbons (Fsp3) is 0.167. The first-order chi connectivity index (χ1) is 5.08. The maximum Gasteiger partial charge on any atom is 0.573 e. The Morgan fingerprint density at radius 1 is 1.36 bits per heavy atom. The van der Waals surface area contributed by atoms with Gasteiger partial charge in [-0.25, -0.2) is 0 Å². The van der Waals surface area contributed by atoms with Crippen molar-refractivity contribution in [3.8, 4) is 5.75 Å². The van der Waals surface area contributed by atoms with Crippen LogP contribution in [0, 0.1) is 0 Å². The average Bonchev–Trinajstić information content (AvgIpc) is 1.85. The second-order valence-electron chi connectivity index (χ2n) is 1.74. The van der Waals surface area contributed by atoms with Crippen molar-refractivity contribution >= 4 is 0 Å². The molecule has 0 unspecified atom stereocenters. The lowest BCUT2D eigenvalue weighted by molar-refractivity contribution is -0.274. The number of alkyl halides is 3. The molecule has 0 aromatic carbocycles. The van der Waals surface area contributed by atoms with Gasteiger partial charge >= 0.3 is 6.36 Å². The standard InChI is InChI=1S/C6H4F3NO/c7-6(8,9)11-5-2-1-3-10-4-5/h1-4H. The van der Waals surface area contributed by atoms with E-state index in [9.17, 15) is 13.2 Å². The number of halogens is 3. The van der Waals surface area contributed by atoms with Crippen LogP contribution in [0.3, 0.4) is 0 Å². The molecule has 0 N–H and O–H groups in total. The highest BCUT2D eigenvalue weighted by atomic mass is 19.4. The van der Waals surface area contributed by atoms with Crippen LogP contribution in [0.5, 0.6) is 5.75 Å². The minimum atomic E-state index is -4.64. The molecule has 1 rings (SSSR count). The summed E-state index contributed by atoms with van der Waals surface area (Å²) in [7, 11) is 0. The van der Waals surface area contributed by atoms with E-state index in [2.05, 4.69) is 9.72 Å². The highest BCUT2D eigenvalue weighted by Gasteiger charge is 2.30. The summed E-state index contributed by atoms with van der Waals surface area (Å²) in [6.45, 7) is 0. The predicted molar refractivity (Wildman–Crippen MR) is 30.9 cm³/mol. The number of hydrogen-bond acceptors (Lipinski definition) is 2. The van der Waals surface area contributed by atoms with E-state index in [4.69, 9.17) is 0 Å². The van der Waals surface area contributed by atoms with Crippen LogP contribution in [0.2, 0.25) is 0 Å². The molecule has 0 bridgehead atoms. The molecule has 0 atom stereocenters. The van der Waals surface area contributed by atoms with Gasteiger partial charge in [0, 0.05) is 6.20 Å². The lowest BCUT2D eigenvalue weighted by Crippen LogP contribution is -2.17. The number of ether oxygens (including phenoxy) is 1. The Bertz CT molecular complexity index is 221. The molecule has 1 heterocycles. The Labute approximate surface area is 60.6 Å². The number of nitrogens with zero attached hydrogens (tertiary/aromatic N) is 1. The molecule has 0 aliphatic heterocycles. The second kappa shape index (κ2) is 2.77. The molecule has 1 aromatic heterocycles. The Morgan fingerprint density at radius 3 is 2.55 bits per heavy atom. The van der Waals surface area contributed by atoms with Gasteiger partial charge in [0.2, 0.25) is 0 Å². The molecule has 0 saturated carbocycles. The molecule has 60 valence electrons. The molecular formula is C6H4F3NO. The number of rotatable bonds is 1. The lowest BCUT2D eigenvalue weighted by Gasteiger charge is -2.06. The van der Waals surface area contributed by atoms with Crippen molar-refractivity contribution in [2.75, 3.05) is 0 Å². The minimum Gasteiger partial charge on any atom is -0.404 e. The predicted octanol–water partition coefficient (Wildman–Crippen LogP) is 1.98. The van der Waals surface area contributed by atoms with E-state index in [0.29, 0.717) is 0 Å². The summed E-state index contributed by atoms with van der Waals surface area (Å²) in [6, 6.07) is 2.54. The summed E-state index contributed by atoms with van der Waals surface area (Å²) in [5.41, 5.74) is 0. The van der Waals surface area contributed by atoms with Gasteiger partial charge in [-0.2, -0.15) is 0 Å². The summed E-state index contributed by atoms with van der Waals surface area (Å²) in [6.07, 6.45) is -2.28. The first kappa shape index (κ1) is 7.84. The zero-order valence-electron chi connectivity index (χ0n) is 5.30. The zero-order valence-corrected chi connectivity index (χ0v) is 5.30. The highest BCUT2D eigenvalue weighted by molar-refractivity contribution is 5.15. The average molecular weight is 163 g/mol. The molecule has 0 spiro atoms. The molecule has 0 aliphatic rings. The first-order valence-electron chi connectivity index (χ1n) is 2.74. The van der Waals surface area contributed by atoms with Crippen LogP contribution in [-0.4, -0.2) is 11.3 Å². The van der Waals surface area contributed by atoms with Crippen molar-refractivity contribution < 1.29 is 17.9 Å². The smallest absolute Gasteiger partial charge is 0.404 e. The molecule has 0 fully saturated rings. The quantitative estimate of drug-likeness (QED) is 0.631. The number of pyridine rings is 1. The highest BCUT2D eigenvalue weighted by Crippen LogP contribution is 2.20. The lowest BCUT2D eigenvalue weighted by atomic mass is 10.5. The summed E-state index contributed by atoms with van der Waals surface area (Å²) in [5.74, 6) is -0.306. The third-order valence-electron chi connectivity index (χ3n) is 0.868. The van der Waals surface area contributed by atoms with Gasteiger partial charge in [0.05, 0.1) is 6.20 Å². The van der Waals surface area contributed by atoms with Crippen LogP contribution in [0.1, 0.15) is 0 Å². The monoisotopic (exact) mass is 163 g/mol. The molecule has 1 aromatic rings. The van der Waals surface area contributed by atoms with E-state index >= 15 is 0 Å². The molecule has 11 heavy (non-hydrogen) atoms. The second-order valence-corrected chi connectivity index (χ2v) is 1.74. The van der Waals surface area contributed by atoms with Crippen LogP contribution in [-0.2, 0) is 0 Å². The van der Waals surface area contributed by atoms with Crippen molar-refractivity contribution in [1.82, 2.24) is 4.98 Å². The topological polar surface area (TPSA) is 22.1 Å². The van der Waals surface area contributed by atoms with Crippen molar-refractivity contribution in [3.05, 3.63) is 24.5 Å². The van der Waals surface area contributed by atoms with E-state index in [0.717, 1.165) is 6.20 Å². The SMILES string of the molecule is FC(F)(F)Oc1cccnc1. The van der Waals surface area contributed by atoms with Crippen molar-refractivity contribution in [2.24, 2.45) is 0 Å². The summed E-state index contributed by atoms with van der Waals surface area (Å²) in [4.78, 5) is 3.44. The van der Waals surface area contributed by atoms with Gasteiger partial charge in [0.1, 0.15) is 5.75 Å². The molecule has 2 nitrogen and oxygen atoms in total. The van der Waals surface area contributed by atoms with Gasteiger partial charge < -0.3 is 4.74 Å². The zero-order chi connectivity index (χ0) is 8.32. The number of aromatic nitrogens is 1. The van der Waals surface area contributed by atoms with E-state index in [-0.39, 0.29) is 5.75 Å². The minimum absolute atomic E-state index is 0.306. The Morgan fingerprint density at radius 2 is 2.09 bits per heavy atom. The molecule has 0 amide bonds. The van der Waals surface area contributed by atoms with Crippen LogP contribution >= 0.6 is 0 Å². The van der Waals surface area contributed by atoms with Gasteiger partial charge in [-0.1, -0.05) is 0 Å². The van der Waals surface area contributed by atoms with Gasteiger partial charge in [-0.15, -0.1) is 13.2 Å². The van der Waals surface area contributed by atoms with Crippen molar-refractivity contribution in [3.63, 3.8) is 0 Å². The van der Waals surface area contributed by atoms with Crippen molar-refractivity contribution in [2.45, 2.75) is 6.36 Å². The maximum absolute atomic E-state index is 11.5. The van der Waals surface area contributed by atoms with Crippen LogP contribution < -0.4 is 4.74 Å². The van der Waals surface area contributed by atoms with Crippen LogP contribution in [0.25, 0.3) is 0 Å². The third kappa shape index (κ3) is 2.88. The molecule has 0 aliphatic carbocycles. The summed E-state index contributed by atoms with van der Waals surface area (Å²) < 4.78 is 38.0. The molecule has 0 saturated heterocycles. The van der Waals surface area contributed by atoms with E-state index < -0.39 is 6.36 Å². The van der Waals surface area contributed by atoms with Gasteiger partial charge in [0.15, 0.2) is 0 Å². The maximum atomic E-state index is 11.5. The van der Waals surface area contributed by atoms with Crippen LogP contribution in [0.15, 0.2) is 24.5 Å². The molecule has 5 heteroatoms. The van der Waals surface area contributed by atoms with Gasteiger partial charge in [0.25, 0.3) is 0 Å². The number of hydrogen-bond donors (Lipinski definition) is 0. The molecule has 0 radical (unpaired) electrons. The van der Waals surface area contributed by atoms with Crippen LogP contribution in [0.4, 0.5) is 13.2 Å². The van der Waals surface area contributed by atoms with Crippen molar-refractivity contribution in [1.29, 1.82) is 0 Å². The van der Waals surface area contributed by atoms with Gasteiger partial charge in [-0.3, -0.25) is 4.98 Å². The first-order valence-corrected chi connectivity index (χ1v) is 2.74. The molecular weight excluding hydrogens is 159 g/mol.